The molecule has 5 rings (SSSR count). The van der Waals surface area contributed by atoms with Crippen LogP contribution < -0.4 is 19.7 Å². The average molecular weight is 460 g/mol. The zero-order valence-corrected chi connectivity index (χ0v) is 17.2. The van der Waals surface area contributed by atoms with Gasteiger partial charge in [0, 0.05) is 32.7 Å². The van der Waals surface area contributed by atoms with Crippen molar-refractivity contribution in [1.82, 2.24) is 10.3 Å². The van der Waals surface area contributed by atoms with Crippen LogP contribution in [-0.4, -0.2) is 16.9 Å². The molecule has 2 unspecified atom stereocenters. The molecule has 2 aromatic heterocycles. The van der Waals surface area contributed by atoms with Gasteiger partial charge < -0.3 is 19.7 Å². The molecule has 2 aliphatic heterocycles. The number of nitrogens with zero attached hydrogens (tertiary/aromatic N) is 2. The van der Waals surface area contributed by atoms with Gasteiger partial charge in [-0.1, -0.05) is 6.07 Å². The molecular weight excluding hydrogens is 446 g/mol. The third-order valence-electron chi connectivity index (χ3n) is 4.61. The molecule has 0 bridgehead atoms. The molecule has 0 amide bonds. The predicted molar refractivity (Wildman–Crippen MR) is 113 cm³/mol. The van der Waals surface area contributed by atoms with E-state index in [2.05, 4.69) is 42.6 Å². The van der Waals surface area contributed by atoms with Crippen LogP contribution in [0.5, 0.6) is 11.5 Å². The van der Waals surface area contributed by atoms with Gasteiger partial charge in [-0.3, -0.25) is 4.98 Å². The van der Waals surface area contributed by atoms with Crippen LogP contribution in [0, 0.1) is 0 Å². The van der Waals surface area contributed by atoms with Crippen molar-refractivity contribution in [2.24, 2.45) is 0 Å². The molecule has 2 aliphatic rings. The Morgan fingerprint density at radius 3 is 2.85 bits per heavy atom. The predicted octanol–water partition coefficient (Wildman–Crippen LogP) is 4.81. The van der Waals surface area contributed by atoms with Gasteiger partial charge in [0.05, 0.1) is 17.8 Å². The Morgan fingerprint density at radius 2 is 2.07 bits per heavy atom. The second kappa shape index (κ2) is 6.78. The number of ether oxygens (including phenoxy) is 2. The maximum absolute atomic E-state index is 5.72. The van der Waals surface area contributed by atoms with Crippen LogP contribution in [0.15, 0.2) is 58.5 Å². The minimum absolute atomic E-state index is 0.0101. The van der Waals surface area contributed by atoms with Gasteiger partial charge in [0.15, 0.2) is 16.6 Å². The molecule has 0 aliphatic carbocycles. The molecule has 1 fully saturated rings. The molecular formula is C19H14BrN3O2S2. The lowest BCUT2D eigenvalue weighted by Gasteiger charge is -2.27. The Hall–Kier alpha value is -2.16. The second-order valence-electron chi connectivity index (χ2n) is 6.20. The summed E-state index contributed by atoms with van der Waals surface area (Å²) in [6.45, 7) is 0.249. The number of benzene rings is 1. The molecule has 5 nitrogen and oxygen atoms in total. The summed E-state index contributed by atoms with van der Waals surface area (Å²) in [5.74, 6) is 1.50. The molecule has 0 spiro atoms. The standard InChI is InChI=1S/C19H14BrN3O2S2/c20-11-7-16(27-9-11)18-17(13-3-1-2-6-21-13)22-19(26)23(18)12-4-5-14-15(8-12)25-10-24-14/h1-9,17-18H,10H2,(H,22,26). The van der Waals surface area contributed by atoms with Crippen LogP contribution in [-0.2, 0) is 0 Å². The zero-order chi connectivity index (χ0) is 18.4. The third-order valence-corrected chi connectivity index (χ3v) is 6.69. The van der Waals surface area contributed by atoms with Crippen LogP contribution in [0.2, 0.25) is 0 Å². The summed E-state index contributed by atoms with van der Waals surface area (Å²) < 4.78 is 12.1. The van der Waals surface area contributed by atoms with Crippen molar-refractivity contribution in [2.75, 3.05) is 11.7 Å². The summed E-state index contributed by atoms with van der Waals surface area (Å²) in [5, 5.41) is 6.21. The number of hydrogen-bond donors (Lipinski definition) is 1. The number of fused-ring (bicyclic) bond motifs is 1. The second-order valence-corrected chi connectivity index (χ2v) is 8.45. The van der Waals surface area contributed by atoms with Gasteiger partial charge >= 0.3 is 0 Å². The van der Waals surface area contributed by atoms with Crippen molar-refractivity contribution in [3.63, 3.8) is 0 Å². The number of nitrogens with one attached hydrogen (secondary N) is 1. The highest BCUT2D eigenvalue weighted by atomic mass is 79.9. The van der Waals surface area contributed by atoms with Crippen molar-refractivity contribution in [3.8, 4) is 11.5 Å². The van der Waals surface area contributed by atoms with Gasteiger partial charge in [0.2, 0.25) is 6.79 Å². The average Bonchev–Trinajstić information content (AvgIpc) is 3.39. The SMILES string of the molecule is S=C1NC(c2ccccn2)C(c2cc(Br)cs2)N1c1ccc2c(c1)OCO2. The molecule has 2 atom stereocenters. The van der Waals surface area contributed by atoms with E-state index >= 15 is 0 Å². The summed E-state index contributed by atoms with van der Waals surface area (Å²) in [7, 11) is 0. The van der Waals surface area contributed by atoms with E-state index in [-0.39, 0.29) is 18.9 Å². The van der Waals surface area contributed by atoms with Crippen LogP contribution in [0.1, 0.15) is 22.7 Å². The van der Waals surface area contributed by atoms with Crippen LogP contribution in [0.3, 0.4) is 0 Å². The molecule has 3 aromatic rings. The largest absolute Gasteiger partial charge is 0.454 e. The summed E-state index contributed by atoms with van der Waals surface area (Å²) >= 11 is 11.0. The van der Waals surface area contributed by atoms with Crippen molar-refractivity contribution in [1.29, 1.82) is 0 Å². The fourth-order valence-electron chi connectivity index (χ4n) is 3.44. The Kier molecular flexibility index (Phi) is 4.26. The Balaban J connectivity index is 1.61. The molecule has 27 heavy (non-hydrogen) atoms. The molecule has 136 valence electrons. The lowest BCUT2D eigenvalue weighted by atomic mass is 10.0. The molecule has 1 N–H and O–H groups in total. The van der Waals surface area contributed by atoms with E-state index in [0.29, 0.717) is 5.11 Å². The topological polar surface area (TPSA) is 46.6 Å². The highest BCUT2D eigenvalue weighted by Gasteiger charge is 2.41. The first-order valence-electron chi connectivity index (χ1n) is 8.35. The minimum Gasteiger partial charge on any atom is -0.454 e. The molecule has 1 saturated heterocycles. The van der Waals surface area contributed by atoms with Gasteiger partial charge in [-0.05, 0) is 58.5 Å². The number of rotatable bonds is 3. The smallest absolute Gasteiger partial charge is 0.231 e. The Morgan fingerprint density at radius 1 is 1.19 bits per heavy atom. The van der Waals surface area contributed by atoms with Crippen molar-refractivity contribution in [2.45, 2.75) is 12.1 Å². The van der Waals surface area contributed by atoms with E-state index in [1.165, 1.54) is 4.88 Å². The number of hydrogen-bond acceptors (Lipinski definition) is 5. The van der Waals surface area contributed by atoms with E-state index in [1.807, 2.05) is 42.6 Å². The monoisotopic (exact) mass is 459 g/mol. The Labute approximate surface area is 174 Å². The van der Waals surface area contributed by atoms with Crippen LogP contribution in [0.25, 0.3) is 0 Å². The van der Waals surface area contributed by atoms with E-state index in [4.69, 9.17) is 21.7 Å². The van der Waals surface area contributed by atoms with E-state index in [9.17, 15) is 0 Å². The number of thiophene rings is 1. The Bertz CT molecular complexity index is 1010. The molecule has 8 heteroatoms. The van der Waals surface area contributed by atoms with Gasteiger partial charge in [0.25, 0.3) is 0 Å². The normalized spacial score (nSPS) is 20.8. The first-order chi connectivity index (χ1) is 13.2. The zero-order valence-electron chi connectivity index (χ0n) is 14.0. The summed E-state index contributed by atoms with van der Waals surface area (Å²) in [4.78, 5) is 7.89. The fraction of sp³-hybridized carbons (Fsp3) is 0.158. The van der Waals surface area contributed by atoms with Gasteiger partial charge in [0.1, 0.15) is 0 Å². The maximum atomic E-state index is 5.72. The van der Waals surface area contributed by atoms with Gasteiger partial charge in [-0.2, -0.15) is 0 Å². The number of halogens is 1. The number of thiocarbonyl (C=S) groups is 1. The molecule has 0 radical (unpaired) electrons. The van der Waals surface area contributed by atoms with Gasteiger partial charge in [-0.25, -0.2) is 0 Å². The summed E-state index contributed by atoms with van der Waals surface area (Å²) in [5.41, 5.74) is 1.92. The summed E-state index contributed by atoms with van der Waals surface area (Å²) in [6, 6.07) is 13.9. The number of aromatic nitrogens is 1. The maximum Gasteiger partial charge on any atom is 0.231 e. The highest BCUT2D eigenvalue weighted by molar-refractivity contribution is 9.10. The van der Waals surface area contributed by atoms with Crippen molar-refractivity contribution < 1.29 is 9.47 Å². The first kappa shape index (κ1) is 17.0. The van der Waals surface area contributed by atoms with E-state index < -0.39 is 0 Å². The van der Waals surface area contributed by atoms with Crippen molar-refractivity contribution in [3.05, 3.63) is 69.1 Å². The van der Waals surface area contributed by atoms with E-state index in [1.54, 1.807) is 11.3 Å². The fourth-order valence-corrected chi connectivity index (χ4v) is 5.36. The number of pyridine rings is 1. The lowest BCUT2D eigenvalue weighted by Crippen LogP contribution is -2.29. The first-order valence-corrected chi connectivity index (χ1v) is 10.4. The van der Waals surface area contributed by atoms with Gasteiger partial charge in [-0.15, -0.1) is 11.3 Å². The molecule has 0 saturated carbocycles. The van der Waals surface area contributed by atoms with Crippen LogP contribution in [0.4, 0.5) is 5.69 Å². The summed E-state index contributed by atoms with van der Waals surface area (Å²) in [6.07, 6.45) is 1.81. The molecule has 4 heterocycles. The minimum atomic E-state index is -0.0466. The number of anilines is 1. The van der Waals surface area contributed by atoms with E-state index in [0.717, 1.165) is 27.4 Å². The quantitative estimate of drug-likeness (QED) is 0.566. The lowest BCUT2D eigenvalue weighted by molar-refractivity contribution is 0.174. The highest BCUT2D eigenvalue weighted by Crippen LogP contribution is 2.46. The molecule has 1 aromatic carbocycles. The van der Waals surface area contributed by atoms with Crippen molar-refractivity contribution >= 4 is 50.3 Å². The van der Waals surface area contributed by atoms with Crippen LogP contribution >= 0.6 is 39.5 Å². The third kappa shape index (κ3) is 2.97.